The number of carbonyl (C=O) groups is 1. The number of amides is 1. The van der Waals surface area contributed by atoms with Crippen LogP contribution in [0.25, 0.3) is 0 Å². The van der Waals surface area contributed by atoms with Gasteiger partial charge in [-0.05, 0) is 56.2 Å². The summed E-state index contributed by atoms with van der Waals surface area (Å²) in [7, 11) is 0. The van der Waals surface area contributed by atoms with Crippen molar-refractivity contribution < 1.29 is 18.7 Å². The first kappa shape index (κ1) is 26.2. The molecule has 1 aromatic heterocycles. The van der Waals surface area contributed by atoms with Crippen LogP contribution in [0, 0.1) is 12.3 Å². The predicted octanol–water partition coefficient (Wildman–Crippen LogP) is 5.13. The number of anilines is 3. The number of hydrogen-bond donors (Lipinski definition) is 2. The Labute approximate surface area is 221 Å². The molecular formula is C27H35F2N5O2S. The predicted molar refractivity (Wildman–Crippen MR) is 143 cm³/mol. The van der Waals surface area contributed by atoms with Gasteiger partial charge in [0, 0.05) is 60.9 Å². The Kier molecular flexibility index (Phi) is 7.33. The van der Waals surface area contributed by atoms with E-state index in [0.717, 1.165) is 36.5 Å². The monoisotopic (exact) mass is 531 g/mol. The zero-order chi connectivity index (χ0) is 26.2. The van der Waals surface area contributed by atoms with Crippen LogP contribution in [-0.2, 0) is 0 Å². The van der Waals surface area contributed by atoms with Gasteiger partial charge >= 0.3 is 0 Å². The van der Waals surface area contributed by atoms with E-state index in [9.17, 15) is 18.7 Å². The van der Waals surface area contributed by atoms with Gasteiger partial charge in [0.05, 0.1) is 17.9 Å². The number of thioether (sulfide) groups is 1. The molecule has 2 aliphatic heterocycles. The lowest BCUT2D eigenvalue weighted by atomic mass is 9.93. The summed E-state index contributed by atoms with van der Waals surface area (Å²) in [6.07, 6.45) is 4.44. The average Bonchev–Trinajstić information content (AvgIpc) is 3.62. The zero-order valence-corrected chi connectivity index (χ0v) is 22.3. The highest BCUT2D eigenvalue weighted by Crippen LogP contribution is 2.54. The van der Waals surface area contributed by atoms with E-state index in [1.54, 1.807) is 29.7 Å². The molecule has 3 heterocycles. The molecule has 10 heteroatoms. The average molecular weight is 532 g/mol. The Balaban J connectivity index is 1.37. The maximum absolute atomic E-state index is 13.6. The van der Waals surface area contributed by atoms with Crippen molar-refractivity contribution in [3.63, 3.8) is 0 Å². The van der Waals surface area contributed by atoms with Gasteiger partial charge in [-0.15, -0.1) is 11.8 Å². The fourth-order valence-corrected chi connectivity index (χ4v) is 6.05. The molecule has 200 valence electrons. The van der Waals surface area contributed by atoms with Crippen LogP contribution in [-0.4, -0.2) is 64.9 Å². The molecule has 1 aliphatic carbocycles. The molecule has 1 unspecified atom stereocenters. The molecule has 3 aliphatic rings. The number of aliphatic hydroxyl groups excluding tert-OH is 1. The van der Waals surface area contributed by atoms with Crippen molar-refractivity contribution in [2.75, 3.05) is 47.9 Å². The summed E-state index contributed by atoms with van der Waals surface area (Å²) >= 11 is 1.59. The van der Waals surface area contributed by atoms with Gasteiger partial charge in [-0.1, -0.05) is 6.92 Å². The number of hydrogen-bond acceptors (Lipinski definition) is 7. The SMILES string of the molecule is Cc1cc(NC(=O)c2ccc(SC(C)CO)cc2N2CCC3(CC2)CC3)nc(N2CCC(F)(F)CC2)n1. The van der Waals surface area contributed by atoms with Crippen LogP contribution in [0.15, 0.2) is 29.2 Å². The molecule has 2 aromatic rings. The molecule has 1 saturated carbocycles. The number of benzene rings is 1. The Morgan fingerprint density at radius 1 is 1.05 bits per heavy atom. The number of carbonyl (C=O) groups excluding carboxylic acids is 1. The number of halogens is 2. The molecule has 7 nitrogen and oxygen atoms in total. The van der Waals surface area contributed by atoms with E-state index in [1.165, 1.54) is 12.8 Å². The molecule has 1 spiro atoms. The fourth-order valence-electron chi connectivity index (χ4n) is 5.18. The van der Waals surface area contributed by atoms with Gasteiger partial charge in [0.25, 0.3) is 11.8 Å². The van der Waals surface area contributed by atoms with Crippen LogP contribution in [0.3, 0.4) is 0 Å². The number of aromatic nitrogens is 2. The third kappa shape index (κ3) is 6.17. The Morgan fingerprint density at radius 2 is 1.73 bits per heavy atom. The second kappa shape index (κ2) is 10.4. The number of nitrogens with zero attached hydrogens (tertiary/aromatic N) is 4. The zero-order valence-electron chi connectivity index (χ0n) is 21.5. The highest BCUT2D eigenvalue weighted by atomic mass is 32.2. The first-order valence-corrected chi connectivity index (χ1v) is 14.0. The molecule has 5 rings (SSSR count). The van der Waals surface area contributed by atoms with Gasteiger partial charge in [-0.3, -0.25) is 4.79 Å². The van der Waals surface area contributed by atoms with Crippen molar-refractivity contribution in [1.82, 2.24) is 9.97 Å². The topological polar surface area (TPSA) is 81.6 Å². The molecule has 2 N–H and O–H groups in total. The first-order chi connectivity index (χ1) is 17.7. The van der Waals surface area contributed by atoms with Gasteiger partial charge < -0.3 is 20.2 Å². The molecule has 0 bridgehead atoms. The Bertz CT molecular complexity index is 1140. The second-order valence-electron chi connectivity index (χ2n) is 10.8. The van der Waals surface area contributed by atoms with Crippen molar-refractivity contribution in [3.05, 3.63) is 35.5 Å². The lowest BCUT2D eigenvalue weighted by Crippen LogP contribution is -2.40. The summed E-state index contributed by atoms with van der Waals surface area (Å²) in [5.41, 5.74) is 2.65. The van der Waals surface area contributed by atoms with Crippen molar-refractivity contribution >= 4 is 35.1 Å². The number of piperidine rings is 2. The van der Waals surface area contributed by atoms with Crippen LogP contribution in [0.4, 0.5) is 26.2 Å². The number of aryl methyl sites for hydroxylation is 1. The molecule has 3 fully saturated rings. The molecule has 37 heavy (non-hydrogen) atoms. The Morgan fingerprint density at radius 3 is 2.38 bits per heavy atom. The largest absolute Gasteiger partial charge is 0.395 e. The summed E-state index contributed by atoms with van der Waals surface area (Å²) in [5, 5.41) is 12.5. The van der Waals surface area contributed by atoms with Crippen molar-refractivity contribution in [2.24, 2.45) is 5.41 Å². The van der Waals surface area contributed by atoms with Crippen molar-refractivity contribution in [2.45, 2.75) is 68.4 Å². The van der Waals surface area contributed by atoms with Gasteiger partial charge in [0.15, 0.2) is 0 Å². The minimum atomic E-state index is -2.65. The smallest absolute Gasteiger partial charge is 0.258 e. The highest BCUT2D eigenvalue weighted by Gasteiger charge is 2.44. The molecule has 2 saturated heterocycles. The standard InChI is InChI=1S/C27H35F2N5O2S/c1-18-15-23(32-25(30-18)34-13-9-27(28,29)10-14-34)31-24(36)21-4-3-20(37-19(2)17-35)16-22(21)33-11-7-26(5-6-26)8-12-33/h3-4,15-16,19,35H,5-14,17H2,1-2H3,(H,30,31,32,36). The quantitative estimate of drug-likeness (QED) is 0.480. The third-order valence-corrected chi connectivity index (χ3v) is 8.87. The normalized spacial score (nSPS) is 21.1. The van der Waals surface area contributed by atoms with Crippen LogP contribution in [0.5, 0.6) is 0 Å². The van der Waals surface area contributed by atoms with Gasteiger partial charge in [0.1, 0.15) is 5.82 Å². The molecule has 1 aromatic carbocycles. The second-order valence-corrected chi connectivity index (χ2v) is 12.3. The molecule has 1 amide bonds. The number of alkyl halides is 2. The van der Waals surface area contributed by atoms with Crippen LogP contribution in [0.1, 0.15) is 61.5 Å². The van der Waals surface area contributed by atoms with Gasteiger partial charge in [0.2, 0.25) is 5.95 Å². The molecule has 1 atom stereocenters. The highest BCUT2D eigenvalue weighted by molar-refractivity contribution is 8.00. The maximum atomic E-state index is 13.6. The summed E-state index contributed by atoms with van der Waals surface area (Å²) < 4.78 is 27.3. The summed E-state index contributed by atoms with van der Waals surface area (Å²) in [5.74, 6) is -2.19. The van der Waals surface area contributed by atoms with E-state index in [1.807, 2.05) is 19.1 Å². The van der Waals surface area contributed by atoms with Gasteiger partial charge in [-0.25, -0.2) is 13.8 Å². The van der Waals surface area contributed by atoms with Gasteiger partial charge in [-0.2, -0.15) is 4.98 Å². The lowest BCUT2D eigenvalue weighted by molar-refractivity contribution is -0.0222. The van der Waals surface area contributed by atoms with E-state index in [0.29, 0.717) is 28.4 Å². The number of nitrogens with one attached hydrogen (secondary N) is 1. The van der Waals surface area contributed by atoms with Crippen molar-refractivity contribution in [3.8, 4) is 0 Å². The summed E-state index contributed by atoms with van der Waals surface area (Å²) in [6.45, 7) is 6.05. The maximum Gasteiger partial charge on any atom is 0.258 e. The summed E-state index contributed by atoms with van der Waals surface area (Å²) in [6, 6.07) is 7.53. The summed E-state index contributed by atoms with van der Waals surface area (Å²) in [4.78, 5) is 27.5. The van der Waals surface area contributed by atoms with Crippen LogP contribution in [0.2, 0.25) is 0 Å². The van der Waals surface area contributed by atoms with E-state index >= 15 is 0 Å². The van der Waals surface area contributed by atoms with E-state index in [4.69, 9.17) is 0 Å². The molecular weight excluding hydrogens is 496 g/mol. The molecule has 0 radical (unpaired) electrons. The third-order valence-electron chi connectivity index (χ3n) is 7.79. The number of aliphatic hydroxyl groups is 1. The lowest BCUT2D eigenvalue weighted by Gasteiger charge is -2.35. The minimum Gasteiger partial charge on any atom is -0.395 e. The van der Waals surface area contributed by atoms with Crippen LogP contribution < -0.4 is 15.1 Å². The Hall–Kier alpha value is -2.46. The van der Waals surface area contributed by atoms with E-state index < -0.39 is 5.92 Å². The minimum absolute atomic E-state index is 0.0563. The van der Waals surface area contributed by atoms with E-state index in [2.05, 4.69) is 26.3 Å². The van der Waals surface area contributed by atoms with E-state index in [-0.39, 0.29) is 43.7 Å². The fraction of sp³-hybridized carbons (Fsp3) is 0.593. The first-order valence-electron chi connectivity index (χ1n) is 13.1. The van der Waals surface area contributed by atoms with Crippen LogP contribution >= 0.6 is 11.8 Å². The van der Waals surface area contributed by atoms with Crippen molar-refractivity contribution in [1.29, 1.82) is 0 Å². The number of rotatable bonds is 7.